The SMILES string of the molecule is CCNCc1cc(OCC)c(OC(C)C)cc1Cl. The highest BCUT2D eigenvalue weighted by atomic mass is 35.5. The van der Waals surface area contributed by atoms with Crippen LogP contribution in [0.3, 0.4) is 0 Å². The summed E-state index contributed by atoms with van der Waals surface area (Å²) in [5.41, 5.74) is 1.03. The Hall–Kier alpha value is -0.930. The first-order valence-corrected chi connectivity index (χ1v) is 6.78. The molecule has 0 aromatic heterocycles. The topological polar surface area (TPSA) is 30.5 Å². The van der Waals surface area contributed by atoms with Gasteiger partial charge in [-0.2, -0.15) is 0 Å². The van der Waals surface area contributed by atoms with Crippen molar-refractivity contribution in [3.63, 3.8) is 0 Å². The zero-order valence-corrected chi connectivity index (χ0v) is 12.3. The van der Waals surface area contributed by atoms with Crippen LogP contribution >= 0.6 is 11.6 Å². The average molecular weight is 272 g/mol. The van der Waals surface area contributed by atoms with E-state index in [2.05, 4.69) is 12.2 Å². The quantitative estimate of drug-likeness (QED) is 0.821. The van der Waals surface area contributed by atoms with E-state index in [0.717, 1.165) is 24.4 Å². The van der Waals surface area contributed by atoms with Crippen LogP contribution in [0.5, 0.6) is 11.5 Å². The second-order valence-corrected chi connectivity index (χ2v) is 4.68. The Kier molecular flexibility index (Phi) is 6.30. The number of rotatable bonds is 7. The third kappa shape index (κ3) is 4.39. The number of benzene rings is 1. The third-order valence-corrected chi connectivity index (χ3v) is 2.69. The van der Waals surface area contributed by atoms with Crippen molar-refractivity contribution in [2.75, 3.05) is 13.2 Å². The van der Waals surface area contributed by atoms with Gasteiger partial charge in [0, 0.05) is 17.6 Å². The molecule has 0 atom stereocenters. The van der Waals surface area contributed by atoms with Crippen molar-refractivity contribution in [2.24, 2.45) is 0 Å². The van der Waals surface area contributed by atoms with Gasteiger partial charge < -0.3 is 14.8 Å². The number of halogens is 1. The van der Waals surface area contributed by atoms with Crippen LogP contribution < -0.4 is 14.8 Å². The van der Waals surface area contributed by atoms with Crippen LogP contribution in [-0.4, -0.2) is 19.3 Å². The van der Waals surface area contributed by atoms with Crippen molar-refractivity contribution in [3.8, 4) is 11.5 Å². The molecule has 0 aliphatic heterocycles. The molecule has 102 valence electrons. The molecule has 0 radical (unpaired) electrons. The van der Waals surface area contributed by atoms with Crippen LogP contribution in [0.25, 0.3) is 0 Å². The van der Waals surface area contributed by atoms with Crippen molar-refractivity contribution in [2.45, 2.75) is 40.3 Å². The molecule has 3 nitrogen and oxygen atoms in total. The van der Waals surface area contributed by atoms with E-state index < -0.39 is 0 Å². The normalized spacial score (nSPS) is 10.8. The molecule has 0 saturated heterocycles. The van der Waals surface area contributed by atoms with Gasteiger partial charge in [-0.05, 0) is 38.9 Å². The van der Waals surface area contributed by atoms with E-state index in [1.165, 1.54) is 0 Å². The minimum atomic E-state index is 0.0971. The molecule has 18 heavy (non-hydrogen) atoms. The number of hydrogen-bond donors (Lipinski definition) is 1. The van der Waals surface area contributed by atoms with Crippen molar-refractivity contribution in [1.29, 1.82) is 0 Å². The summed E-state index contributed by atoms with van der Waals surface area (Å²) >= 11 is 6.25. The van der Waals surface area contributed by atoms with Gasteiger partial charge >= 0.3 is 0 Å². The Balaban J connectivity index is 3.00. The van der Waals surface area contributed by atoms with E-state index in [0.29, 0.717) is 17.4 Å². The summed E-state index contributed by atoms with van der Waals surface area (Å²) < 4.78 is 11.3. The lowest BCUT2D eigenvalue weighted by Crippen LogP contribution is -2.13. The molecule has 1 aromatic carbocycles. The smallest absolute Gasteiger partial charge is 0.163 e. The predicted octanol–water partition coefficient (Wildman–Crippen LogP) is 3.64. The molecule has 0 heterocycles. The van der Waals surface area contributed by atoms with E-state index in [9.17, 15) is 0 Å². The molecule has 0 fully saturated rings. The van der Waals surface area contributed by atoms with Gasteiger partial charge in [-0.15, -0.1) is 0 Å². The Labute approximate surface area is 114 Å². The molecule has 0 spiro atoms. The van der Waals surface area contributed by atoms with E-state index >= 15 is 0 Å². The highest BCUT2D eigenvalue weighted by molar-refractivity contribution is 6.31. The molecule has 0 aliphatic carbocycles. The maximum atomic E-state index is 6.25. The van der Waals surface area contributed by atoms with Crippen LogP contribution in [0.2, 0.25) is 5.02 Å². The summed E-state index contributed by atoms with van der Waals surface area (Å²) in [6, 6.07) is 3.78. The Bertz CT molecular complexity index is 380. The zero-order valence-electron chi connectivity index (χ0n) is 11.5. The van der Waals surface area contributed by atoms with Crippen LogP contribution in [0.1, 0.15) is 33.3 Å². The Morgan fingerprint density at radius 2 is 1.94 bits per heavy atom. The molecule has 4 heteroatoms. The Morgan fingerprint density at radius 1 is 1.22 bits per heavy atom. The molecule has 0 aliphatic rings. The van der Waals surface area contributed by atoms with Gasteiger partial charge in [-0.25, -0.2) is 0 Å². The minimum absolute atomic E-state index is 0.0971. The predicted molar refractivity (Wildman–Crippen MR) is 75.8 cm³/mol. The molecule has 0 unspecified atom stereocenters. The largest absolute Gasteiger partial charge is 0.490 e. The van der Waals surface area contributed by atoms with Crippen molar-refractivity contribution in [1.82, 2.24) is 5.32 Å². The third-order valence-electron chi connectivity index (χ3n) is 2.34. The summed E-state index contributed by atoms with van der Waals surface area (Å²) in [7, 11) is 0. The summed E-state index contributed by atoms with van der Waals surface area (Å²) in [4.78, 5) is 0. The zero-order chi connectivity index (χ0) is 13.5. The van der Waals surface area contributed by atoms with Gasteiger partial charge in [0.1, 0.15) is 0 Å². The first-order chi connectivity index (χ1) is 8.58. The number of nitrogens with one attached hydrogen (secondary N) is 1. The van der Waals surface area contributed by atoms with Gasteiger partial charge in [-0.3, -0.25) is 0 Å². The highest BCUT2D eigenvalue weighted by Gasteiger charge is 2.12. The fourth-order valence-corrected chi connectivity index (χ4v) is 1.81. The second kappa shape index (κ2) is 7.49. The average Bonchev–Trinajstić information content (AvgIpc) is 2.30. The molecular weight excluding hydrogens is 250 g/mol. The van der Waals surface area contributed by atoms with Gasteiger partial charge in [0.2, 0.25) is 0 Å². The van der Waals surface area contributed by atoms with Gasteiger partial charge in [0.15, 0.2) is 11.5 Å². The van der Waals surface area contributed by atoms with Crippen LogP contribution in [0, 0.1) is 0 Å². The monoisotopic (exact) mass is 271 g/mol. The molecule has 0 bridgehead atoms. The number of hydrogen-bond acceptors (Lipinski definition) is 3. The summed E-state index contributed by atoms with van der Waals surface area (Å²) in [6.07, 6.45) is 0.0971. The lowest BCUT2D eigenvalue weighted by molar-refractivity contribution is 0.223. The summed E-state index contributed by atoms with van der Waals surface area (Å²) in [5, 5.41) is 3.96. The number of ether oxygens (including phenoxy) is 2. The lowest BCUT2D eigenvalue weighted by Gasteiger charge is -2.16. The Morgan fingerprint density at radius 3 is 2.50 bits per heavy atom. The maximum Gasteiger partial charge on any atom is 0.163 e. The molecule has 0 saturated carbocycles. The summed E-state index contributed by atoms with van der Waals surface area (Å²) in [5.74, 6) is 1.46. The summed E-state index contributed by atoms with van der Waals surface area (Å²) in [6.45, 7) is 10.2. The van der Waals surface area contributed by atoms with E-state index in [1.54, 1.807) is 0 Å². The van der Waals surface area contributed by atoms with Crippen molar-refractivity contribution >= 4 is 11.6 Å². The second-order valence-electron chi connectivity index (χ2n) is 4.27. The minimum Gasteiger partial charge on any atom is -0.490 e. The highest BCUT2D eigenvalue weighted by Crippen LogP contribution is 2.34. The molecule has 1 aromatic rings. The van der Waals surface area contributed by atoms with Crippen molar-refractivity contribution in [3.05, 3.63) is 22.7 Å². The standard InChI is InChI=1S/C14H22ClNO2/c1-5-16-9-11-7-13(17-6-2)14(8-12(11)15)18-10(3)4/h7-8,10,16H,5-6,9H2,1-4H3. The molecule has 1 rings (SSSR count). The van der Waals surface area contributed by atoms with Crippen LogP contribution in [0.15, 0.2) is 12.1 Å². The van der Waals surface area contributed by atoms with Crippen LogP contribution in [-0.2, 0) is 6.54 Å². The maximum absolute atomic E-state index is 6.25. The molecule has 0 amide bonds. The van der Waals surface area contributed by atoms with E-state index in [4.69, 9.17) is 21.1 Å². The van der Waals surface area contributed by atoms with Gasteiger partial charge in [0.25, 0.3) is 0 Å². The fourth-order valence-electron chi connectivity index (χ4n) is 1.59. The first kappa shape index (κ1) is 15.1. The van der Waals surface area contributed by atoms with Crippen LogP contribution in [0.4, 0.5) is 0 Å². The van der Waals surface area contributed by atoms with E-state index in [-0.39, 0.29) is 6.10 Å². The first-order valence-electron chi connectivity index (χ1n) is 6.41. The van der Waals surface area contributed by atoms with Crippen molar-refractivity contribution < 1.29 is 9.47 Å². The lowest BCUT2D eigenvalue weighted by atomic mass is 10.2. The molecule has 1 N–H and O–H groups in total. The van der Waals surface area contributed by atoms with Gasteiger partial charge in [-0.1, -0.05) is 18.5 Å². The molecular formula is C14H22ClNO2. The fraction of sp³-hybridized carbons (Fsp3) is 0.571. The van der Waals surface area contributed by atoms with Gasteiger partial charge in [0.05, 0.1) is 12.7 Å². The van der Waals surface area contributed by atoms with E-state index in [1.807, 2.05) is 32.9 Å².